The zero-order valence-corrected chi connectivity index (χ0v) is 15.8. The van der Waals surface area contributed by atoms with Crippen molar-refractivity contribution in [2.24, 2.45) is 5.92 Å². The van der Waals surface area contributed by atoms with E-state index in [1.165, 1.54) is 0 Å². The average molecular weight is 365 g/mol. The predicted octanol–water partition coefficient (Wildman–Crippen LogP) is 1.99. The van der Waals surface area contributed by atoms with Gasteiger partial charge in [-0.25, -0.2) is 0 Å². The van der Waals surface area contributed by atoms with Gasteiger partial charge in [-0.3, -0.25) is 4.79 Å². The summed E-state index contributed by atoms with van der Waals surface area (Å²) in [4.78, 5) is 11.6. The lowest BCUT2D eigenvalue weighted by Gasteiger charge is -2.34. The highest BCUT2D eigenvalue weighted by molar-refractivity contribution is 7.86. The van der Waals surface area contributed by atoms with Gasteiger partial charge in [0.25, 0.3) is 16.1 Å². The van der Waals surface area contributed by atoms with E-state index >= 15 is 0 Å². The molecule has 0 radical (unpaired) electrons. The quantitative estimate of drug-likeness (QED) is 0.838. The molecular formula is C18H27N3O3S. The molecule has 1 aliphatic carbocycles. The van der Waals surface area contributed by atoms with Crippen LogP contribution in [0, 0.1) is 5.92 Å². The average Bonchev–Trinajstić information content (AvgIpc) is 3.44. The summed E-state index contributed by atoms with van der Waals surface area (Å²) in [5.41, 5.74) is 1.49. The highest BCUT2D eigenvalue weighted by atomic mass is 32.2. The predicted molar refractivity (Wildman–Crippen MR) is 97.3 cm³/mol. The first-order valence-electron chi connectivity index (χ1n) is 8.99. The van der Waals surface area contributed by atoms with Crippen LogP contribution in [0.3, 0.4) is 0 Å². The van der Waals surface area contributed by atoms with Gasteiger partial charge in [-0.05, 0) is 49.3 Å². The van der Waals surface area contributed by atoms with Gasteiger partial charge < -0.3 is 5.32 Å². The van der Waals surface area contributed by atoms with Crippen molar-refractivity contribution in [1.82, 2.24) is 13.9 Å². The Kier molecular flexibility index (Phi) is 5.46. The Bertz CT molecular complexity index is 706. The van der Waals surface area contributed by atoms with Crippen molar-refractivity contribution in [1.29, 1.82) is 0 Å². The molecule has 1 aromatic rings. The van der Waals surface area contributed by atoms with Crippen LogP contribution in [-0.4, -0.2) is 49.1 Å². The lowest BCUT2D eigenvalue weighted by molar-refractivity contribution is 0.0963. The Morgan fingerprint density at radius 2 is 1.76 bits per heavy atom. The van der Waals surface area contributed by atoms with Gasteiger partial charge in [0.2, 0.25) is 0 Å². The van der Waals surface area contributed by atoms with Gasteiger partial charge in [0.05, 0.1) is 0 Å². The van der Waals surface area contributed by atoms with Gasteiger partial charge in [-0.15, -0.1) is 0 Å². The second-order valence-corrected chi connectivity index (χ2v) is 9.02. The van der Waals surface area contributed by atoms with Crippen LogP contribution in [0.4, 0.5) is 0 Å². The fourth-order valence-corrected chi connectivity index (χ4v) is 5.08. The molecule has 3 rings (SSSR count). The van der Waals surface area contributed by atoms with Crippen LogP contribution >= 0.6 is 0 Å². The number of hydrogen-bond donors (Lipinski definition) is 1. The van der Waals surface area contributed by atoms with E-state index in [0.29, 0.717) is 31.1 Å². The van der Waals surface area contributed by atoms with E-state index in [9.17, 15) is 13.2 Å². The normalized spacial score (nSPS) is 20.0. The van der Waals surface area contributed by atoms with Crippen LogP contribution in [0.1, 0.15) is 48.5 Å². The van der Waals surface area contributed by atoms with Crippen molar-refractivity contribution in [3.8, 4) is 0 Å². The van der Waals surface area contributed by atoms with Gasteiger partial charge in [0, 0.05) is 38.3 Å². The zero-order chi connectivity index (χ0) is 18.0. The van der Waals surface area contributed by atoms with Crippen LogP contribution in [0.15, 0.2) is 24.3 Å². The first-order valence-corrected chi connectivity index (χ1v) is 10.4. The van der Waals surface area contributed by atoms with E-state index in [1.54, 1.807) is 27.8 Å². The molecule has 0 unspecified atom stereocenters. The summed E-state index contributed by atoms with van der Waals surface area (Å²) in [7, 11) is -1.83. The summed E-state index contributed by atoms with van der Waals surface area (Å²) in [5.74, 6) is 0.457. The molecule has 0 spiro atoms. The van der Waals surface area contributed by atoms with Crippen molar-refractivity contribution in [3.63, 3.8) is 0 Å². The molecular weight excluding hydrogens is 338 g/mol. The molecule has 25 heavy (non-hydrogen) atoms. The monoisotopic (exact) mass is 365 g/mol. The summed E-state index contributed by atoms with van der Waals surface area (Å²) < 4.78 is 29.5. The number of carbonyl (C=O) groups is 1. The maximum absolute atomic E-state index is 13.1. The minimum Gasteiger partial charge on any atom is -0.355 e. The maximum atomic E-state index is 13.1. The lowest BCUT2D eigenvalue weighted by atomic mass is 10.0. The van der Waals surface area contributed by atoms with Crippen LogP contribution < -0.4 is 5.32 Å². The largest absolute Gasteiger partial charge is 0.355 e. The molecule has 6 nitrogen and oxygen atoms in total. The third kappa shape index (κ3) is 4.22. The lowest BCUT2D eigenvalue weighted by Crippen LogP contribution is -2.47. The van der Waals surface area contributed by atoms with E-state index in [4.69, 9.17) is 0 Å². The number of carbonyl (C=O) groups excluding carboxylic acids is 1. The molecule has 1 aliphatic heterocycles. The Labute approximate surface area is 150 Å². The molecule has 0 bridgehead atoms. The van der Waals surface area contributed by atoms with E-state index in [1.807, 2.05) is 12.1 Å². The number of hydrogen-bond acceptors (Lipinski definition) is 3. The Morgan fingerprint density at radius 3 is 2.28 bits per heavy atom. The molecule has 2 aliphatic rings. The smallest absolute Gasteiger partial charge is 0.282 e. The Balaban J connectivity index is 1.74. The molecule has 138 valence electrons. The number of amides is 1. The maximum Gasteiger partial charge on any atom is 0.282 e. The van der Waals surface area contributed by atoms with Crippen LogP contribution in [0.2, 0.25) is 0 Å². The first kappa shape index (κ1) is 18.4. The molecule has 1 N–H and O–H groups in total. The molecule has 1 amide bonds. The van der Waals surface area contributed by atoms with Gasteiger partial charge >= 0.3 is 0 Å². The minimum atomic E-state index is -3.43. The second-order valence-electron chi connectivity index (χ2n) is 7.14. The van der Waals surface area contributed by atoms with Crippen molar-refractivity contribution in [2.75, 3.05) is 20.1 Å². The van der Waals surface area contributed by atoms with E-state index in [0.717, 1.165) is 31.2 Å². The van der Waals surface area contributed by atoms with Crippen LogP contribution in [-0.2, 0) is 16.8 Å². The highest BCUT2D eigenvalue weighted by Gasteiger charge is 2.41. The minimum absolute atomic E-state index is 0.114. The van der Waals surface area contributed by atoms with E-state index in [-0.39, 0.29) is 11.9 Å². The fraction of sp³-hybridized carbons (Fsp3) is 0.611. The SMILES string of the molecule is CNC(=O)c1ccc(CN(C2CC2)S(=O)(=O)N2CCC(C)CC2)cc1. The molecule has 1 saturated carbocycles. The van der Waals surface area contributed by atoms with Crippen molar-refractivity contribution < 1.29 is 13.2 Å². The molecule has 0 aromatic heterocycles. The summed E-state index contributed by atoms with van der Waals surface area (Å²) in [5, 5.41) is 2.59. The topological polar surface area (TPSA) is 69.7 Å². The molecule has 7 heteroatoms. The Morgan fingerprint density at radius 1 is 1.16 bits per heavy atom. The number of nitrogens with one attached hydrogen (secondary N) is 1. The van der Waals surface area contributed by atoms with Gasteiger partial charge in [0.15, 0.2) is 0 Å². The first-order chi connectivity index (χ1) is 11.9. The highest BCUT2D eigenvalue weighted by Crippen LogP contribution is 2.33. The molecule has 1 heterocycles. The standard InChI is InChI=1S/C18H27N3O3S/c1-14-9-11-20(12-10-14)25(23,24)21(17-7-8-17)13-15-3-5-16(6-4-15)18(22)19-2/h3-6,14,17H,7-13H2,1-2H3,(H,19,22). The van der Waals surface area contributed by atoms with Crippen molar-refractivity contribution >= 4 is 16.1 Å². The van der Waals surface area contributed by atoms with Gasteiger partial charge in [-0.2, -0.15) is 17.0 Å². The van der Waals surface area contributed by atoms with Gasteiger partial charge in [0.1, 0.15) is 0 Å². The molecule has 0 atom stereocenters. The van der Waals surface area contributed by atoms with Crippen LogP contribution in [0.25, 0.3) is 0 Å². The van der Waals surface area contributed by atoms with Crippen LogP contribution in [0.5, 0.6) is 0 Å². The van der Waals surface area contributed by atoms with Crippen molar-refractivity contribution in [3.05, 3.63) is 35.4 Å². The molecule has 1 saturated heterocycles. The number of rotatable bonds is 6. The van der Waals surface area contributed by atoms with Gasteiger partial charge in [-0.1, -0.05) is 19.1 Å². The summed E-state index contributed by atoms with van der Waals surface area (Å²) in [6.45, 7) is 3.77. The zero-order valence-electron chi connectivity index (χ0n) is 14.9. The summed E-state index contributed by atoms with van der Waals surface area (Å²) >= 11 is 0. The van der Waals surface area contributed by atoms with E-state index < -0.39 is 10.2 Å². The number of benzene rings is 1. The Hall–Kier alpha value is -1.44. The third-order valence-corrected chi connectivity index (χ3v) is 7.14. The molecule has 1 aromatic carbocycles. The summed E-state index contributed by atoms with van der Waals surface area (Å²) in [6, 6.07) is 7.28. The number of nitrogens with zero attached hydrogens (tertiary/aromatic N) is 2. The molecule has 2 fully saturated rings. The number of piperidine rings is 1. The second kappa shape index (κ2) is 7.43. The van der Waals surface area contributed by atoms with E-state index in [2.05, 4.69) is 12.2 Å². The third-order valence-electron chi connectivity index (χ3n) is 5.10. The summed E-state index contributed by atoms with van der Waals surface area (Å²) in [6.07, 6.45) is 3.72. The van der Waals surface area contributed by atoms with Crippen molar-refractivity contribution in [2.45, 2.75) is 45.2 Å². The fourth-order valence-electron chi connectivity index (χ4n) is 3.21.